The van der Waals surface area contributed by atoms with E-state index in [9.17, 15) is 4.79 Å². The van der Waals surface area contributed by atoms with Gasteiger partial charge in [0, 0.05) is 0 Å². The van der Waals surface area contributed by atoms with E-state index in [-0.39, 0.29) is 19.0 Å². The summed E-state index contributed by atoms with van der Waals surface area (Å²) in [5.74, 6) is 2.03. The zero-order chi connectivity index (χ0) is 15.8. The lowest BCUT2D eigenvalue weighted by Crippen LogP contribution is -2.19. The predicted molar refractivity (Wildman–Crippen MR) is 82.0 cm³/mol. The van der Waals surface area contributed by atoms with Gasteiger partial charge in [-0.1, -0.05) is 24.3 Å². The molecule has 0 radical (unpaired) electrons. The lowest BCUT2D eigenvalue weighted by atomic mass is 10.3. The second-order valence-corrected chi connectivity index (χ2v) is 4.42. The van der Waals surface area contributed by atoms with E-state index in [1.54, 1.807) is 38.5 Å². The van der Waals surface area contributed by atoms with Gasteiger partial charge in [0.25, 0.3) is 0 Å². The first kappa shape index (κ1) is 15.7. The number of benzene rings is 2. The maximum Gasteiger partial charge on any atom is 0.207 e. The fraction of sp³-hybridized carbons (Fsp3) is 0.235. The van der Waals surface area contributed by atoms with Crippen LogP contribution in [0.3, 0.4) is 0 Å². The zero-order valence-corrected chi connectivity index (χ0v) is 12.6. The Hall–Kier alpha value is -2.69. The number of para-hydroxylation sites is 4. The molecule has 0 amide bonds. The average Bonchev–Trinajstić information content (AvgIpc) is 2.58. The lowest BCUT2D eigenvalue weighted by molar-refractivity contribution is -0.123. The molecular weight excluding hydrogens is 284 g/mol. The Balaban J connectivity index is 1.86. The highest BCUT2D eigenvalue weighted by Crippen LogP contribution is 2.26. The maximum absolute atomic E-state index is 11.9. The van der Waals surface area contributed by atoms with Crippen LogP contribution >= 0.6 is 0 Å². The van der Waals surface area contributed by atoms with E-state index in [1.807, 2.05) is 24.3 Å². The molecule has 0 aliphatic heterocycles. The SMILES string of the molecule is COc1ccccc1OCC(=O)COc1ccccc1OC. The van der Waals surface area contributed by atoms with Gasteiger partial charge in [-0.05, 0) is 24.3 Å². The number of ketones is 1. The molecule has 0 atom stereocenters. The van der Waals surface area contributed by atoms with Crippen LogP contribution in [-0.4, -0.2) is 33.2 Å². The van der Waals surface area contributed by atoms with Gasteiger partial charge in [0.2, 0.25) is 5.78 Å². The normalized spacial score (nSPS) is 9.91. The summed E-state index contributed by atoms with van der Waals surface area (Å²) in [7, 11) is 3.10. The molecule has 2 aromatic rings. The summed E-state index contributed by atoms with van der Waals surface area (Å²) in [6.45, 7) is -0.176. The third-order valence-electron chi connectivity index (χ3n) is 2.92. The van der Waals surface area contributed by atoms with Crippen molar-refractivity contribution in [3.8, 4) is 23.0 Å². The van der Waals surface area contributed by atoms with Gasteiger partial charge in [-0.25, -0.2) is 0 Å². The smallest absolute Gasteiger partial charge is 0.207 e. The van der Waals surface area contributed by atoms with Gasteiger partial charge < -0.3 is 18.9 Å². The summed E-state index contributed by atoms with van der Waals surface area (Å²) in [6, 6.07) is 14.3. The van der Waals surface area contributed by atoms with Gasteiger partial charge in [-0.2, -0.15) is 0 Å². The molecular formula is C17H18O5. The molecule has 2 rings (SSSR count). The third-order valence-corrected chi connectivity index (χ3v) is 2.92. The van der Waals surface area contributed by atoms with Crippen LogP contribution in [0.5, 0.6) is 23.0 Å². The summed E-state index contributed by atoms with van der Waals surface area (Å²) in [4.78, 5) is 11.9. The van der Waals surface area contributed by atoms with Gasteiger partial charge in [0.1, 0.15) is 0 Å². The lowest BCUT2D eigenvalue weighted by Gasteiger charge is -2.11. The van der Waals surface area contributed by atoms with Crippen LogP contribution in [-0.2, 0) is 4.79 Å². The molecule has 2 aromatic carbocycles. The minimum atomic E-state index is -0.184. The largest absolute Gasteiger partial charge is 0.493 e. The van der Waals surface area contributed by atoms with E-state index in [4.69, 9.17) is 18.9 Å². The number of hydrogen-bond donors (Lipinski definition) is 0. The van der Waals surface area contributed by atoms with Crippen molar-refractivity contribution in [3.05, 3.63) is 48.5 Å². The third kappa shape index (κ3) is 4.15. The molecule has 0 fully saturated rings. The second kappa shape index (κ2) is 7.93. The van der Waals surface area contributed by atoms with Crippen LogP contribution in [0.4, 0.5) is 0 Å². The molecule has 116 valence electrons. The van der Waals surface area contributed by atoms with E-state index in [2.05, 4.69) is 0 Å². The number of carbonyl (C=O) groups excluding carboxylic acids is 1. The van der Waals surface area contributed by atoms with Crippen molar-refractivity contribution in [2.24, 2.45) is 0 Å². The molecule has 0 aliphatic rings. The number of rotatable bonds is 8. The zero-order valence-electron chi connectivity index (χ0n) is 12.6. The topological polar surface area (TPSA) is 54.0 Å². The number of hydrogen-bond acceptors (Lipinski definition) is 5. The van der Waals surface area contributed by atoms with E-state index in [1.165, 1.54) is 0 Å². The van der Waals surface area contributed by atoms with Crippen molar-refractivity contribution in [1.82, 2.24) is 0 Å². The van der Waals surface area contributed by atoms with Crippen LogP contribution in [0.25, 0.3) is 0 Å². The molecule has 0 spiro atoms. The molecule has 5 heteroatoms. The molecule has 0 N–H and O–H groups in total. The van der Waals surface area contributed by atoms with Gasteiger partial charge in [0.15, 0.2) is 36.2 Å². The van der Waals surface area contributed by atoms with Crippen molar-refractivity contribution < 1.29 is 23.7 Å². The van der Waals surface area contributed by atoms with Crippen LogP contribution in [0.2, 0.25) is 0 Å². The first-order valence-corrected chi connectivity index (χ1v) is 6.78. The Labute approximate surface area is 129 Å². The standard InChI is InChI=1S/C17H18O5/c1-19-14-7-3-5-9-16(14)21-11-13(18)12-22-17-10-6-4-8-15(17)20-2/h3-10H,11-12H2,1-2H3. The van der Waals surface area contributed by atoms with Crippen molar-refractivity contribution in [2.45, 2.75) is 0 Å². The Kier molecular flexibility index (Phi) is 5.65. The van der Waals surface area contributed by atoms with Crippen LogP contribution in [0, 0.1) is 0 Å². The van der Waals surface area contributed by atoms with Crippen molar-refractivity contribution >= 4 is 5.78 Å². The van der Waals surface area contributed by atoms with E-state index in [0.29, 0.717) is 23.0 Å². The maximum atomic E-state index is 11.9. The second-order valence-electron chi connectivity index (χ2n) is 4.42. The summed E-state index contributed by atoms with van der Waals surface area (Å²) in [5, 5.41) is 0. The van der Waals surface area contributed by atoms with E-state index < -0.39 is 0 Å². The Bertz CT molecular complexity index is 570. The quantitative estimate of drug-likeness (QED) is 0.750. The molecule has 0 unspecified atom stereocenters. The van der Waals surface area contributed by atoms with Crippen LogP contribution < -0.4 is 18.9 Å². The molecule has 0 bridgehead atoms. The first-order valence-electron chi connectivity index (χ1n) is 6.78. The molecule has 0 aliphatic carbocycles. The van der Waals surface area contributed by atoms with E-state index in [0.717, 1.165) is 0 Å². The average molecular weight is 302 g/mol. The first-order chi connectivity index (χ1) is 10.7. The van der Waals surface area contributed by atoms with Crippen LogP contribution in [0.1, 0.15) is 0 Å². The van der Waals surface area contributed by atoms with Crippen LogP contribution in [0.15, 0.2) is 48.5 Å². The molecule has 5 nitrogen and oxygen atoms in total. The molecule has 0 aromatic heterocycles. The summed E-state index contributed by atoms with van der Waals surface area (Å²) in [5.41, 5.74) is 0. The highest BCUT2D eigenvalue weighted by Gasteiger charge is 2.09. The minimum Gasteiger partial charge on any atom is -0.493 e. The van der Waals surface area contributed by atoms with Gasteiger partial charge >= 0.3 is 0 Å². The summed E-state index contributed by atoms with van der Waals surface area (Å²) >= 11 is 0. The molecule has 22 heavy (non-hydrogen) atoms. The predicted octanol–water partition coefficient (Wildman–Crippen LogP) is 2.73. The van der Waals surface area contributed by atoms with Gasteiger partial charge in [-0.3, -0.25) is 4.79 Å². The number of ether oxygens (including phenoxy) is 4. The Morgan fingerprint density at radius 1 is 0.727 bits per heavy atom. The molecule has 0 saturated heterocycles. The summed E-state index contributed by atoms with van der Waals surface area (Å²) in [6.07, 6.45) is 0. The van der Waals surface area contributed by atoms with Gasteiger partial charge in [0.05, 0.1) is 14.2 Å². The van der Waals surface area contributed by atoms with Crippen molar-refractivity contribution in [2.75, 3.05) is 27.4 Å². The minimum absolute atomic E-state index is 0.0878. The molecule has 0 saturated carbocycles. The summed E-state index contributed by atoms with van der Waals surface area (Å²) < 4.78 is 21.2. The Morgan fingerprint density at radius 2 is 1.09 bits per heavy atom. The number of Topliss-reactive ketones (excluding diaryl/α,β-unsaturated/α-hetero) is 1. The van der Waals surface area contributed by atoms with Crippen molar-refractivity contribution in [3.63, 3.8) is 0 Å². The number of methoxy groups -OCH3 is 2. The highest BCUT2D eigenvalue weighted by atomic mass is 16.5. The fourth-order valence-corrected chi connectivity index (χ4v) is 1.83. The fourth-order valence-electron chi connectivity index (χ4n) is 1.83. The van der Waals surface area contributed by atoms with Gasteiger partial charge in [-0.15, -0.1) is 0 Å². The number of carbonyl (C=O) groups is 1. The highest BCUT2D eigenvalue weighted by molar-refractivity contribution is 5.81. The van der Waals surface area contributed by atoms with Crippen molar-refractivity contribution in [1.29, 1.82) is 0 Å². The Morgan fingerprint density at radius 3 is 1.45 bits per heavy atom. The van der Waals surface area contributed by atoms with E-state index >= 15 is 0 Å². The molecule has 0 heterocycles. The monoisotopic (exact) mass is 302 g/mol.